The molecule has 2 rings (SSSR count). The van der Waals surface area contributed by atoms with Crippen molar-refractivity contribution < 1.29 is 4.74 Å². The third-order valence-corrected chi connectivity index (χ3v) is 3.07. The standard InChI is InChI=1S/C12H19N3O/c1-15(12-4-6-16-7-5-12)9-11-3-2-10(13)8-14-11/h2-3,8,12H,4-7,9,13H2,1H3. The van der Waals surface area contributed by atoms with Crippen LogP contribution in [0, 0.1) is 0 Å². The van der Waals surface area contributed by atoms with Crippen molar-refractivity contribution in [3.05, 3.63) is 24.0 Å². The van der Waals surface area contributed by atoms with Crippen LogP contribution in [-0.4, -0.2) is 36.2 Å². The van der Waals surface area contributed by atoms with Crippen LogP contribution in [-0.2, 0) is 11.3 Å². The Morgan fingerprint density at radius 1 is 1.44 bits per heavy atom. The van der Waals surface area contributed by atoms with Gasteiger partial charge in [0.05, 0.1) is 17.6 Å². The molecule has 0 spiro atoms. The van der Waals surface area contributed by atoms with Crippen LogP contribution in [0.1, 0.15) is 18.5 Å². The second-order valence-corrected chi connectivity index (χ2v) is 4.34. The highest BCUT2D eigenvalue weighted by Gasteiger charge is 2.18. The largest absolute Gasteiger partial charge is 0.397 e. The second kappa shape index (κ2) is 5.27. The van der Waals surface area contributed by atoms with Gasteiger partial charge in [0.1, 0.15) is 0 Å². The van der Waals surface area contributed by atoms with Crippen LogP contribution < -0.4 is 5.73 Å². The molecule has 0 amide bonds. The molecule has 1 aromatic heterocycles. The highest BCUT2D eigenvalue weighted by Crippen LogP contribution is 2.15. The average Bonchev–Trinajstić information content (AvgIpc) is 2.33. The topological polar surface area (TPSA) is 51.4 Å². The third-order valence-electron chi connectivity index (χ3n) is 3.07. The number of anilines is 1. The fourth-order valence-electron chi connectivity index (χ4n) is 2.04. The maximum Gasteiger partial charge on any atom is 0.0545 e. The van der Waals surface area contributed by atoms with Crippen molar-refractivity contribution in [3.63, 3.8) is 0 Å². The monoisotopic (exact) mass is 221 g/mol. The minimum Gasteiger partial charge on any atom is -0.397 e. The summed E-state index contributed by atoms with van der Waals surface area (Å²) in [5.74, 6) is 0. The highest BCUT2D eigenvalue weighted by atomic mass is 16.5. The van der Waals surface area contributed by atoms with E-state index < -0.39 is 0 Å². The Morgan fingerprint density at radius 3 is 2.81 bits per heavy atom. The van der Waals surface area contributed by atoms with Crippen LogP contribution in [0.25, 0.3) is 0 Å². The van der Waals surface area contributed by atoms with Gasteiger partial charge in [0.25, 0.3) is 0 Å². The zero-order valence-electron chi connectivity index (χ0n) is 9.72. The number of rotatable bonds is 3. The van der Waals surface area contributed by atoms with Crippen molar-refractivity contribution in [1.29, 1.82) is 0 Å². The minimum atomic E-state index is 0.619. The zero-order valence-corrected chi connectivity index (χ0v) is 9.72. The van der Waals surface area contributed by atoms with Gasteiger partial charge >= 0.3 is 0 Å². The number of nitrogens with zero attached hydrogens (tertiary/aromatic N) is 2. The summed E-state index contributed by atoms with van der Waals surface area (Å²) in [6, 6.07) is 4.51. The average molecular weight is 221 g/mol. The number of hydrogen-bond acceptors (Lipinski definition) is 4. The molecular formula is C12H19N3O. The first-order chi connectivity index (χ1) is 7.75. The van der Waals surface area contributed by atoms with E-state index in [0.717, 1.165) is 44.0 Å². The lowest BCUT2D eigenvalue weighted by atomic mass is 10.1. The van der Waals surface area contributed by atoms with Gasteiger partial charge in [-0.3, -0.25) is 9.88 Å². The van der Waals surface area contributed by atoms with Crippen LogP contribution in [0.15, 0.2) is 18.3 Å². The zero-order chi connectivity index (χ0) is 11.4. The maximum absolute atomic E-state index is 5.61. The van der Waals surface area contributed by atoms with Crippen molar-refractivity contribution in [2.45, 2.75) is 25.4 Å². The van der Waals surface area contributed by atoms with Crippen LogP contribution in [0.2, 0.25) is 0 Å². The van der Waals surface area contributed by atoms with Crippen molar-refractivity contribution in [3.8, 4) is 0 Å². The van der Waals surface area contributed by atoms with Gasteiger partial charge in [0.2, 0.25) is 0 Å². The van der Waals surface area contributed by atoms with Gasteiger partial charge in [-0.2, -0.15) is 0 Å². The molecule has 0 bridgehead atoms. The number of pyridine rings is 1. The molecule has 2 heterocycles. The van der Waals surface area contributed by atoms with E-state index in [1.165, 1.54) is 0 Å². The lowest BCUT2D eigenvalue weighted by Crippen LogP contribution is -2.36. The summed E-state index contributed by atoms with van der Waals surface area (Å²) in [4.78, 5) is 6.66. The molecule has 0 aromatic carbocycles. The molecule has 1 fully saturated rings. The normalized spacial score (nSPS) is 17.9. The lowest BCUT2D eigenvalue weighted by Gasteiger charge is -2.30. The first kappa shape index (κ1) is 11.4. The predicted octanol–water partition coefficient (Wildman–Crippen LogP) is 1.27. The molecule has 16 heavy (non-hydrogen) atoms. The van der Waals surface area contributed by atoms with Gasteiger partial charge in [-0.25, -0.2) is 0 Å². The number of nitrogens with two attached hydrogens (primary N) is 1. The molecule has 0 radical (unpaired) electrons. The molecule has 2 N–H and O–H groups in total. The van der Waals surface area contributed by atoms with Crippen LogP contribution >= 0.6 is 0 Å². The van der Waals surface area contributed by atoms with Crippen LogP contribution in [0.3, 0.4) is 0 Å². The van der Waals surface area contributed by atoms with E-state index in [2.05, 4.69) is 16.9 Å². The first-order valence-corrected chi connectivity index (χ1v) is 5.74. The number of nitrogen functional groups attached to an aromatic ring is 1. The molecule has 0 unspecified atom stereocenters. The van der Waals surface area contributed by atoms with E-state index in [4.69, 9.17) is 10.5 Å². The molecule has 88 valence electrons. The van der Waals surface area contributed by atoms with Gasteiger partial charge < -0.3 is 10.5 Å². The van der Waals surface area contributed by atoms with E-state index in [1.807, 2.05) is 12.1 Å². The summed E-state index contributed by atoms with van der Waals surface area (Å²) in [6.45, 7) is 2.64. The Morgan fingerprint density at radius 2 is 2.19 bits per heavy atom. The van der Waals surface area contributed by atoms with E-state index in [1.54, 1.807) is 6.20 Å². The van der Waals surface area contributed by atoms with Gasteiger partial charge in [0, 0.05) is 25.8 Å². The minimum absolute atomic E-state index is 0.619. The van der Waals surface area contributed by atoms with Crippen molar-refractivity contribution in [2.24, 2.45) is 0 Å². The highest BCUT2D eigenvalue weighted by molar-refractivity contribution is 5.34. The number of ether oxygens (including phenoxy) is 1. The van der Waals surface area contributed by atoms with Crippen molar-refractivity contribution in [1.82, 2.24) is 9.88 Å². The first-order valence-electron chi connectivity index (χ1n) is 5.74. The summed E-state index contributed by atoms with van der Waals surface area (Å²) >= 11 is 0. The third kappa shape index (κ3) is 2.93. The fourth-order valence-corrected chi connectivity index (χ4v) is 2.04. The Balaban J connectivity index is 1.90. The molecule has 4 nitrogen and oxygen atoms in total. The Kier molecular flexibility index (Phi) is 3.74. The molecule has 4 heteroatoms. The maximum atomic E-state index is 5.61. The molecule has 1 aromatic rings. The second-order valence-electron chi connectivity index (χ2n) is 4.34. The Hall–Kier alpha value is -1.13. The van der Waals surface area contributed by atoms with Gasteiger partial charge in [-0.1, -0.05) is 0 Å². The van der Waals surface area contributed by atoms with E-state index in [-0.39, 0.29) is 0 Å². The molecule has 1 aliphatic heterocycles. The summed E-state index contributed by atoms with van der Waals surface area (Å²) in [5.41, 5.74) is 7.40. The molecule has 0 aliphatic carbocycles. The van der Waals surface area contributed by atoms with Crippen molar-refractivity contribution in [2.75, 3.05) is 26.0 Å². The van der Waals surface area contributed by atoms with Crippen molar-refractivity contribution >= 4 is 5.69 Å². The summed E-state index contributed by atoms with van der Waals surface area (Å²) in [6.07, 6.45) is 3.95. The Labute approximate surface area is 96.4 Å². The fraction of sp³-hybridized carbons (Fsp3) is 0.583. The molecule has 0 atom stereocenters. The molecule has 0 saturated carbocycles. The quantitative estimate of drug-likeness (QED) is 0.835. The molecule has 1 aliphatic rings. The van der Waals surface area contributed by atoms with E-state index >= 15 is 0 Å². The summed E-state index contributed by atoms with van der Waals surface area (Å²) in [5, 5.41) is 0. The Bertz CT molecular complexity index is 320. The van der Waals surface area contributed by atoms with Gasteiger partial charge in [-0.05, 0) is 32.0 Å². The van der Waals surface area contributed by atoms with E-state index in [9.17, 15) is 0 Å². The summed E-state index contributed by atoms with van der Waals surface area (Å²) < 4.78 is 5.36. The van der Waals surface area contributed by atoms with Crippen LogP contribution in [0.4, 0.5) is 5.69 Å². The smallest absolute Gasteiger partial charge is 0.0545 e. The van der Waals surface area contributed by atoms with Gasteiger partial charge in [0.15, 0.2) is 0 Å². The molecular weight excluding hydrogens is 202 g/mol. The number of aromatic nitrogens is 1. The molecule has 1 saturated heterocycles. The SMILES string of the molecule is CN(Cc1ccc(N)cn1)C1CCOCC1. The van der Waals surface area contributed by atoms with E-state index in [0.29, 0.717) is 6.04 Å². The summed E-state index contributed by atoms with van der Waals surface area (Å²) in [7, 11) is 2.15. The lowest BCUT2D eigenvalue weighted by molar-refractivity contribution is 0.0403. The predicted molar refractivity (Wildman–Crippen MR) is 64.0 cm³/mol. The number of hydrogen-bond donors (Lipinski definition) is 1. The van der Waals surface area contributed by atoms with Gasteiger partial charge in [-0.15, -0.1) is 0 Å². The van der Waals surface area contributed by atoms with Crippen LogP contribution in [0.5, 0.6) is 0 Å².